The van der Waals surface area contributed by atoms with Crippen molar-refractivity contribution in [3.63, 3.8) is 0 Å². The molecule has 0 aliphatic rings. The molecule has 1 aromatic carbocycles. The van der Waals surface area contributed by atoms with E-state index in [0.29, 0.717) is 0 Å². The molecule has 2 heteroatoms. The maximum atomic E-state index is 3.43. The van der Waals surface area contributed by atoms with Crippen molar-refractivity contribution in [2.75, 3.05) is 20.1 Å². The summed E-state index contributed by atoms with van der Waals surface area (Å²) in [4.78, 5) is 0. The van der Waals surface area contributed by atoms with Crippen molar-refractivity contribution >= 4 is 0 Å². The van der Waals surface area contributed by atoms with Crippen LogP contribution in [0.3, 0.4) is 0 Å². The van der Waals surface area contributed by atoms with Gasteiger partial charge in [0.15, 0.2) is 0 Å². The van der Waals surface area contributed by atoms with Gasteiger partial charge in [-0.3, -0.25) is 0 Å². The first kappa shape index (κ1) is 12.2. The molecule has 0 spiro atoms. The molecule has 0 saturated heterocycles. The summed E-state index contributed by atoms with van der Waals surface area (Å²) in [6, 6.07) is 8.85. The maximum Gasteiger partial charge on any atom is 0.0205 e. The van der Waals surface area contributed by atoms with Crippen molar-refractivity contribution in [2.24, 2.45) is 0 Å². The minimum atomic E-state index is 0.980. The van der Waals surface area contributed by atoms with Crippen molar-refractivity contribution in [1.82, 2.24) is 10.6 Å². The van der Waals surface area contributed by atoms with Crippen LogP contribution in [0.2, 0.25) is 0 Å². The topological polar surface area (TPSA) is 24.1 Å². The van der Waals surface area contributed by atoms with Gasteiger partial charge in [-0.05, 0) is 44.1 Å². The summed E-state index contributed by atoms with van der Waals surface area (Å²) in [5, 5.41) is 6.58. The van der Waals surface area contributed by atoms with Gasteiger partial charge >= 0.3 is 0 Å². The first-order chi connectivity index (χ1) is 7.36. The SMILES string of the molecule is CCc1ccc(CNCCCNC)cc1. The largest absolute Gasteiger partial charge is 0.320 e. The van der Waals surface area contributed by atoms with Crippen LogP contribution in [0.15, 0.2) is 24.3 Å². The van der Waals surface area contributed by atoms with Gasteiger partial charge in [0, 0.05) is 6.54 Å². The van der Waals surface area contributed by atoms with Gasteiger partial charge in [0.2, 0.25) is 0 Å². The van der Waals surface area contributed by atoms with E-state index in [1.54, 1.807) is 0 Å². The number of hydrogen-bond donors (Lipinski definition) is 2. The van der Waals surface area contributed by atoms with Gasteiger partial charge in [-0.1, -0.05) is 31.2 Å². The first-order valence-electron chi connectivity index (χ1n) is 5.80. The van der Waals surface area contributed by atoms with Gasteiger partial charge in [-0.25, -0.2) is 0 Å². The Hall–Kier alpha value is -0.860. The van der Waals surface area contributed by atoms with E-state index in [-0.39, 0.29) is 0 Å². The Bertz CT molecular complexity index is 254. The molecule has 84 valence electrons. The van der Waals surface area contributed by atoms with Gasteiger partial charge in [0.05, 0.1) is 0 Å². The Morgan fingerprint density at radius 1 is 1.00 bits per heavy atom. The molecule has 0 amide bonds. The zero-order valence-corrected chi connectivity index (χ0v) is 9.84. The predicted molar refractivity (Wildman–Crippen MR) is 66.1 cm³/mol. The fourth-order valence-corrected chi connectivity index (χ4v) is 1.52. The third kappa shape index (κ3) is 4.96. The van der Waals surface area contributed by atoms with E-state index in [0.717, 1.165) is 26.1 Å². The lowest BCUT2D eigenvalue weighted by Crippen LogP contribution is -2.19. The fourth-order valence-electron chi connectivity index (χ4n) is 1.52. The third-order valence-corrected chi connectivity index (χ3v) is 2.54. The van der Waals surface area contributed by atoms with Crippen LogP contribution >= 0.6 is 0 Å². The Morgan fingerprint density at radius 3 is 2.27 bits per heavy atom. The fraction of sp³-hybridized carbons (Fsp3) is 0.538. The third-order valence-electron chi connectivity index (χ3n) is 2.54. The lowest BCUT2D eigenvalue weighted by atomic mass is 10.1. The van der Waals surface area contributed by atoms with Crippen LogP contribution in [-0.4, -0.2) is 20.1 Å². The zero-order valence-electron chi connectivity index (χ0n) is 9.84. The highest BCUT2D eigenvalue weighted by molar-refractivity contribution is 5.22. The number of aryl methyl sites for hydroxylation is 1. The van der Waals surface area contributed by atoms with Gasteiger partial charge in [-0.2, -0.15) is 0 Å². The second-order valence-electron chi connectivity index (χ2n) is 3.80. The summed E-state index contributed by atoms with van der Waals surface area (Å²) in [7, 11) is 1.99. The van der Waals surface area contributed by atoms with E-state index in [9.17, 15) is 0 Å². The monoisotopic (exact) mass is 206 g/mol. The zero-order chi connectivity index (χ0) is 10.9. The number of rotatable bonds is 7. The Kier molecular flexibility index (Phi) is 6.05. The summed E-state index contributed by atoms with van der Waals surface area (Å²) in [5.41, 5.74) is 2.78. The highest BCUT2D eigenvalue weighted by Gasteiger charge is 1.93. The normalized spacial score (nSPS) is 10.5. The molecule has 0 aliphatic heterocycles. The van der Waals surface area contributed by atoms with E-state index in [2.05, 4.69) is 41.8 Å². The number of benzene rings is 1. The van der Waals surface area contributed by atoms with Crippen molar-refractivity contribution < 1.29 is 0 Å². The van der Waals surface area contributed by atoms with Crippen LogP contribution in [0.1, 0.15) is 24.5 Å². The van der Waals surface area contributed by atoms with Gasteiger partial charge < -0.3 is 10.6 Å². The minimum Gasteiger partial charge on any atom is -0.320 e. The molecule has 0 radical (unpaired) electrons. The first-order valence-corrected chi connectivity index (χ1v) is 5.80. The van der Waals surface area contributed by atoms with Gasteiger partial charge in [0.1, 0.15) is 0 Å². The average Bonchev–Trinajstić information content (AvgIpc) is 2.30. The van der Waals surface area contributed by atoms with Crippen LogP contribution < -0.4 is 10.6 Å². The van der Waals surface area contributed by atoms with Crippen molar-refractivity contribution in [1.29, 1.82) is 0 Å². The molecule has 15 heavy (non-hydrogen) atoms. The molecule has 0 heterocycles. The van der Waals surface area contributed by atoms with E-state index in [1.165, 1.54) is 17.5 Å². The van der Waals surface area contributed by atoms with Crippen molar-refractivity contribution in [3.05, 3.63) is 35.4 Å². The number of nitrogens with one attached hydrogen (secondary N) is 2. The van der Waals surface area contributed by atoms with Crippen LogP contribution in [-0.2, 0) is 13.0 Å². The molecule has 0 aliphatic carbocycles. The second kappa shape index (κ2) is 7.43. The van der Waals surface area contributed by atoms with E-state index in [4.69, 9.17) is 0 Å². The average molecular weight is 206 g/mol. The molecule has 0 fully saturated rings. The Morgan fingerprint density at radius 2 is 1.67 bits per heavy atom. The molecular weight excluding hydrogens is 184 g/mol. The molecule has 1 rings (SSSR count). The van der Waals surface area contributed by atoms with E-state index >= 15 is 0 Å². The predicted octanol–water partition coefficient (Wildman–Crippen LogP) is 1.95. The number of hydrogen-bond acceptors (Lipinski definition) is 2. The van der Waals surface area contributed by atoms with Crippen molar-refractivity contribution in [2.45, 2.75) is 26.3 Å². The molecule has 2 nitrogen and oxygen atoms in total. The van der Waals surface area contributed by atoms with Crippen molar-refractivity contribution in [3.8, 4) is 0 Å². The molecule has 0 saturated carbocycles. The van der Waals surface area contributed by atoms with Crippen LogP contribution in [0.5, 0.6) is 0 Å². The molecule has 0 aromatic heterocycles. The molecular formula is C13H22N2. The molecule has 0 bridgehead atoms. The summed E-state index contributed by atoms with van der Waals surface area (Å²) in [6.45, 7) is 5.33. The maximum absolute atomic E-state index is 3.43. The molecule has 1 aromatic rings. The van der Waals surface area contributed by atoms with E-state index in [1.807, 2.05) is 7.05 Å². The Balaban J connectivity index is 2.20. The summed E-state index contributed by atoms with van der Waals surface area (Å²) in [6.07, 6.45) is 2.30. The quantitative estimate of drug-likeness (QED) is 0.666. The standard InChI is InChI=1S/C13H22N2/c1-3-12-5-7-13(8-6-12)11-15-10-4-9-14-2/h5-8,14-15H,3-4,9-11H2,1-2H3. The molecule has 0 atom stereocenters. The van der Waals surface area contributed by atoms with Crippen LogP contribution in [0, 0.1) is 0 Å². The van der Waals surface area contributed by atoms with E-state index < -0.39 is 0 Å². The lowest BCUT2D eigenvalue weighted by Gasteiger charge is -2.05. The van der Waals surface area contributed by atoms with Gasteiger partial charge in [0.25, 0.3) is 0 Å². The Labute approximate surface area is 93.1 Å². The summed E-state index contributed by atoms with van der Waals surface area (Å²) < 4.78 is 0. The molecule has 2 N–H and O–H groups in total. The van der Waals surface area contributed by atoms with Crippen LogP contribution in [0.4, 0.5) is 0 Å². The van der Waals surface area contributed by atoms with Crippen LogP contribution in [0.25, 0.3) is 0 Å². The molecule has 0 unspecified atom stereocenters. The minimum absolute atomic E-state index is 0.980. The summed E-state index contributed by atoms with van der Waals surface area (Å²) in [5.74, 6) is 0. The highest BCUT2D eigenvalue weighted by atomic mass is 14.9. The lowest BCUT2D eigenvalue weighted by molar-refractivity contribution is 0.625. The highest BCUT2D eigenvalue weighted by Crippen LogP contribution is 2.04. The second-order valence-corrected chi connectivity index (χ2v) is 3.80. The van der Waals surface area contributed by atoms with Gasteiger partial charge in [-0.15, -0.1) is 0 Å². The smallest absolute Gasteiger partial charge is 0.0205 e. The summed E-state index contributed by atoms with van der Waals surface area (Å²) >= 11 is 0.